The van der Waals surface area contributed by atoms with Crippen LogP contribution in [0.4, 0.5) is 10.3 Å². The molecule has 1 aliphatic rings. The van der Waals surface area contributed by atoms with Crippen molar-refractivity contribution in [1.82, 2.24) is 20.3 Å². The number of amides is 1. The van der Waals surface area contributed by atoms with Gasteiger partial charge in [0.05, 0.1) is 28.6 Å². The molecule has 146 valence electrons. The molecule has 0 radical (unpaired) electrons. The molecule has 0 aromatic carbocycles. The fourth-order valence-electron chi connectivity index (χ4n) is 3.37. The first-order chi connectivity index (χ1) is 13.5. The molecule has 9 heteroatoms. The molecule has 28 heavy (non-hydrogen) atoms. The topological polar surface area (TPSA) is 100 Å². The van der Waals surface area contributed by atoms with E-state index in [4.69, 9.17) is 0 Å². The minimum atomic E-state index is -0.417. The van der Waals surface area contributed by atoms with E-state index in [0.717, 1.165) is 12.6 Å². The van der Waals surface area contributed by atoms with Gasteiger partial charge in [-0.05, 0) is 49.3 Å². The van der Waals surface area contributed by atoms with Crippen LogP contribution in [0.2, 0.25) is 0 Å². The Labute approximate surface area is 165 Å². The lowest BCUT2D eigenvalue weighted by Crippen LogP contribution is -2.34. The minimum absolute atomic E-state index is 0.0545. The van der Waals surface area contributed by atoms with Gasteiger partial charge in [-0.15, -0.1) is 11.3 Å². The van der Waals surface area contributed by atoms with Gasteiger partial charge < -0.3 is 15.7 Å². The van der Waals surface area contributed by atoms with Crippen LogP contribution in [0.3, 0.4) is 0 Å². The fourth-order valence-corrected chi connectivity index (χ4v) is 4.18. The first kappa shape index (κ1) is 18.7. The van der Waals surface area contributed by atoms with Gasteiger partial charge in [-0.3, -0.25) is 9.78 Å². The van der Waals surface area contributed by atoms with Crippen LogP contribution in [-0.2, 0) is 0 Å². The Morgan fingerprint density at radius 3 is 2.96 bits per heavy atom. The lowest BCUT2D eigenvalue weighted by Gasteiger charge is -2.16. The Balaban J connectivity index is 1.59. The maximum absolute atomic E-state index is 13.4. The largest absolute Gasteiger partial charge is 0.393 e. The van der Waals surface area contributed by atoms with E-state index in [-0.39, 0.29) is 24.1 Å². The number of nitrogens with one attached hydrogen (secondary N) is 2. The van der Waals surface area contributed by atoms with E-state index in [0.29, 0.717) is 40.3 Å². The zero-order chi connectivity index (χ0) is 19.7. The average Bonchev–Trinajstić information content (AvgIpc) is 3.29. The molecule has 0 saturated heterocycles. The number of aliphatic hydroxyl groups excluding tert-OH is 1. The molecule has 1 amide bonds. The predicted molar refractivity (Wildman–Crippen MR) is 105 cm³/mol. The van der Waals surface area contributed by atoms with E-state index in [1.54, 1.807) is 6.20 Å². The molecule has 3 heterocycles. The average molecular weight is 401 g/mol. The van der Waals surface area contributed by atoms with Gasteiger partial charge in [0.15, 0.2) is 5.69 Å². The van der Waals surface area contributed by atoms with Gasteiger partial charge in [0.2, 0.25) is 5.95 Å². The number of thiophene rings is 1. The third-order valence-corrected chi connectivity index (χ3v) is 5.74. The lowest BCUT2D eigenvalue weighted by atomic mass is 10.1. The maximum atomic E-state index is 13.4. The van der Waals surface area contributed by atoms with E-state index in [2.05, 4.69) is 25.6 Å². The van der Waals surface area contributed by atoms with Gasteiger partial charge in [0.25, 0.3) is 5.91 Å². The summed E-state index contributed by atoms with van der Waals surface area (Å²) >= 11 is 1.40. The summed E-state index contributed by atoms with van der Waals surface area (Å²) in [6.07, 6.45) is 4.35. The van der Waals surface area contributed by atoms with Crippen LogP contribution in [-0.4, -0.2) is 38.1 Å². The van der Waals surface area contributed by atoms with Crippen molar-refractivity contribution in [3.05, 3.63) is 47.0 Å². The van der Waals surface area contributed by atoms with E-state index >= 15 is 0 Å². The number of nitrogens with zero attached hydrogens (tertiary/aromatic N) is 3. The highest BCUT2D eigenvalue weighted by atomic mass is 32.1. The molecular formula is C19H20FN5O2S. The van der Waals surface area contributed by atoms with E-state index in [9.17, 15) is 14.3 Å². The quantitative estimate of drug-likeness (QED) is 0.608. The molecule has 3 atom stereocenters. The lowest BCUT2D eigenvalue weighted by molar-refractivity contribution is 0.0931. The number of pyridine rings is 1. The molecule has 1 fully saturated rings. The second kappa shape index (κ2) is 7.76. The molecule has 3 aromatic heterocycles. The molecule has 4 rings (SSSR count). The number of hydrogen-bond acceptors (Lipinski definition) is 7. The van der Waals surface area contributed by atoms with Crippen molar-refractivity contribution in [2.45, 2.75) is 44.4 Å². The number of fused-ring (bicyclic) bond motifs is 1. The molecule has 0 aliphatic heterocycles. The van der Waals surface area contributed by atoms with Gasteiger partial charge in [0.1, 0.15) is 5.82 Å². The Morgan fingerprint density at radius 2 is 2.21 bits per heavy atom. The Kier molecular flexibility index (Phi) is 5.19. The van der Waals surface area contributed by atoms with Crippen LogP contribution in [0.25, 0.3) is 10.2 Å². The molecule has 7 nitrogen and oxygen atoms in total. The highest BCUT2D eigenvalue weighted by Gasteiger charge is 2.26. The smallest absolute Gasteiger partial charge is 0.271 e. The Morgan fingerprint density at radius 1 is 1.36 bits per heavy atom. The van der Waals surface area contributed by atoms with Gasteiger partial charge in [-0.1, -0.05) is 0 Å². The van der Waals surface area contributed by atoms with Crippen molar-refractivity contribution in [3.8, 4) is 0 Å². The number of hydrogen-bond donors (Lipinski definition) is 3. The number of carbonyl (C=O) groups is 1. The standard InChI is InChI=1S/C19H20FN5O2S/c1-10(11-6-12(20)9-21-8-11)22-19-24-15-4-5-28-17(15)16(25-19)18(27)23-13-2-3-14(26)7-13/h4-6,8-10,13-14,26H,2-3,7H2,1H3,(H,23,27)(H,22,24,25)/t10-,13+,14+/m0/s1. The molecular weight excluding hydrogens is 381 g/mol. The number of aliphatic hydroxyl groups is 1. The molecule has 1 saturated carbocycles. The highest BCUT2D eigenvalue weighted by Crippen LogP contribution is 2.26. The summed E-state index contributed by atoms with van der Waals surface area (Å²) in [5, 5.41) is 17.6. The number of anilines is 1. The van der Waals surface area contributed by atoms with E-state index < -0.39 is 5.82 Å². The van der Waals surface area contributed by atoms with Crippen LogP contribution in [0, 0.1) is 5.82 Å². The number of aromatic nitrogens is 3. The SMILES string of the molecule is C[C@H](Nc1nc(C(=O)N[C@@H]2CC[C@@H](O)C2)c2sccc2n1)c1cncc(F)c1. The van der Waals surface area contributed by atoms with Gasteiger partial charge in [0, 0.05) is 12.2 Å². The van der Waals surface area contributed by atoms with Gasteiger partial charge >= 0.3 is 0 Å². The Hall–Kier alpha value is -2.65. The van der Waals surface area contributed by atoms with Crippen molar-refractivity contribution < 1.29 is 14.3 Å². The van der Waals surface area contributed by atoms with Crippen molar-refractivity contribution >= 4 is 33.4 Å². The number of halogens is 1. The summed E-state index contributed by atoms with van der Waals surface area (Å²) in [5.41, 5.74) is 1.62. The summed E-state index contributed by atoms with van der Waals surface area (Å²) in [5.74, 6) is -0.407. The number of carbonyl (C=O) groups excluding carboxylic acids is 1. The molecule has 0 unspecified atom stereocenters. The first-order valence-electron chi connectivity index (χ1n) is 9.11. The van der Waals surface area contributed by atoms with Gasteiger partial charge in [-0.2, -0.15) is 0 Å². The third kappa shape index (κ3) is 3.95. The summed E-state index contributed by atoms with van der Waals surface area (Å²) in [4.78, 5) is 25.6. The summed E-state index contributed by atoms with van der Waals surface area (Å²) in [6, 6.07) is 2.88. The van der Waals surface area contributed by atoms with E-state index in [1.807, 2.05) is 18.4 Å². The molecule has 3 N–H and O–H groups in total. The zero-order valence-corrected chi connectivity index (χ0v) is 16.0. The van der Waals surface area contributed by atoms with Crippen LogP contribution in [0.1, 0.15) is 48.3 Å². The third-order valence-electron chi connectivity index (χ3n) is 4.83. The van der Waals surface area contributed by atoms with Gasteiger partial charge in [-0.25, -0.2) is 14.4 Å². The number of rotatable bonds is 5. The van der Waals surface area contributed by atoms with Crippen LogP contribution >= 0.6 is 11.3 Å². The summed E-state index contributed by atoms with van der Waals surface area (Å²) in [7, 11) is 0. The first-order valence-corrected chi connectivity index (χ1v) is 9.98. The zero-order valence-electron chi connectivity index (χ0n) is 15.2. The van der Waals surface area contributed by atoms with Crippen molar-refractivity contribution in [1.29, 1.82) is 0 Å². The Bertz CT molecular complexity index is 1010. The summed E-state index contributed by atoms with van der Waals surface area (Å²) < 4.78 is 14.1. The second-order valence-corrected chi connectivity index (χ2v) is 7.89. The van der Waals surface area contributed by atoms with Crippen molar-refractivity contribution in [2.75, 3.05) is 5.32 Å². The maximum Gasteiger partial charge on any atom is 0.271 e. The molecule has 0 bridgehead atoms. The second-order valence-electron chi connectivity index (χ2n) is 6.97. The molecule has 0 spiro atoms. The fraction of sp³-hybridized carbons (Fsp3) is 0.368. The van der Waals surface area contributed by atoms with E-state index in [1.165, 1.54) is 17.4 Å². The normalized spacial score (nSPS) is 20.2. The molecule has 3 aromatic rings. The monoisotopic (exact) mass is 401 g/mol. The van der Waals surface area contributed by atoms with Crippen LogP contribution in [0.5, 0.6) is 0 Å². The van der Waals surface area contributed by atoms with Crippen molar-refractivity contribution in [2.24, 2.45) is 0 Å². The minimum Gasteiger partial charge on any atom is -0.393 e. The van der Waals surface area contributed by atoms with Crippen LogP contribution < -0.4 is 10.6 Å². The molecule has 1 aliphatic carbocycles. The van der Waals surface area contributed by atoms with Crippen LogP contribution in [0.15, 0.2) is 29.9 Å². The van der Waals surface area contributed by atoms with Crippen molar-refractivity contribution in [3.63, 3.8) is 0 Å². The predicted octanol–water partition coefficient (Wildman–Crippen LogP) is 3.04. The highest BCUT2D eigenvalue weighted by molar-refractivity contribution is 7.17. The summed E-state index contributed by atoms with van der Waals surface area (Å²) in [6.45, 7) is 1.84.